The molecule has 2 heterocycles. The van der Waals surface area contributed by atoms with E-state index < -0.39 is 0 Å². The van der Waals surface area contributed by atoms with Crippen LogP contribution in [0.15, 0.2) is 29.0 Å². The van der Waals surface area contributed by atoms with Crippen molar-refractivity contribution in [2.45, 2.75) is 52.6 Å². The molecule has 0 aliphatic carbocycles. The minimum atomic E-state index is 0.388. The molecule has 0 bridgehead atoms. The van der Waals surface area contributed by atoms with Gasteiger partial charge in [-0.1, -0.05) is 13.8 Å². The van der Waals surface area contributed by atoms with Crippen LogP contribution >= 0.6 is 11.3 Å². The second-order valence-electron chi connectivity index (χ2n) is 8.25. The number of thiophene rings is 1. The van der Waals surface area contributed by atoms with Gasteiger partial charge < -0.3 is 9.47 Å². The molecule has 0 amide bonds. The van der Waals surface area contributed by atoms with Crippen molar-refractivity contribution in [3.05, 3.63) is 45.6 Å². The van der Waals surface area contributed by atoms with Crippen molar-refractivity contribution in [3.8, 4) is 11.5 Å². The van der Waals surface area contributed by atoms with Crippen LogP contribution in [-0.2, 0) is 6.42 Å². The Bertz CT molecular complexity index is 808. The van der Waals surface area contributed by atoms with Crippen LogP contribution in [0.25, 0.3) is 11.6 Å². The first-order valence-electron chi connectivity index (χ1n) is 10.2. The molecule has 1 aliphatic rings. The average molecular weight is 400 g/mol. The topological polar surface area (TPSA) is 21.7 Å². The highest BCUT2D eigenvalue weighted by Gasteiger charge is 2.31. The molecule has 0 saturated heterocycles. The van der Waals surface area contributed by atoms with Crippen LogP contribution in [0, 0.1) is 5.92 Å². The lowest BCUT2D eigenvalue weighted by atomic mass is 9.88. The van der Waals surface area contributed by atoms with Crippen LogP contribution in [0.1, 0.15) is 50.8 Å². The standard InChI is InChI=1S/C24H33NO2S/c1-16(2)11-22-21(12-18-8-10-28-15-18)20-14-24(27-6)23(26-5)13-19(20)7-9-25(22)17(3)4/h8,10,12-17,22H,7,9,11H2,1-6H3/b21-12-. The molecule has 3 rings (SSSR count). The molecule has 1 aromatic heterocycles. The van der Waals surface area contributed by atoms with Gasteiger partial charge in [0.05, 0.1) is 14.2 Å². The van der Waals surface area contributed by atoms with Gasteiger partial charge in [-0.3, -0.25) is 4.90 Å². The van der Waals surface area contributed by atoms with Crippen LogP contribution in [-0.4, -0.2) is 37.7 Å². The highest BCUT2D eigenvalue weighted by Crippen LogP contribution is 2.40. The third-order valence-corrected chi connectivity index (χ3v) is 6.24. The summed E-state index contributed by atoms with van der Waals surface area (Å²) in [5, 5.41) is 4.38. The maximum absolute atomic E-state index is 5.65. The highest BCUT2D eigenvalue weighted by molar-refractivity contribution is 7.08. The van der Waals surface area contributed by atoms with E-state index in [4.69, 9.17) is 9.47 Å². The van der Waals surface area contributed by atoms with E-state index in [2.05, 4.69) is 67.6 Å². The molecule has 28 heavy (non-hydrogen) atoms. The SMILES string of the molecule is COc1cc2c(cc1OC)/C(=C/c1ccsc1)C(CC(C)C)N(C(C)C)CC2. The Kier molecular flexibility index (Phi) is 6.84. The van der Waals surface area contributed by atoms with E-state index in [-0.39, 0.29) is 0 Å². The third-order valence-electron chi connectivity index (χ3n) is 5.54. The van der Waals surface area contributed by atoms with Crippen LogP contribution in [0.4, 0.5) is 0 Å². The fourth-order valence-corrected chi connectivity index (χ4v) is 4.82. The van der Waals surface area contributed by atoms with Crippen LogP contribution in [0.3, 0.4) is 0 Å². The van der Waals surface area contributed by atoms with Crippen molar-refractivity contribution in [1.29, 1.82) is 0 Å². The van der Waals surface area contributed by atoms with Crippen molar-refractivity contribution in [2.75, 3.05) is 20.8 Å². The fraction of sp³-hybridized carbons (Fsp3) is 0.500. The fourth-order valence-electron chi connectivity index (χ4n) is 4.20. The van der Waals surface area contributed by atoms with E-state index in [0.29, 0.717) is 18.0 Å². The summed E-state index contributed by atoms with van der Waals surface area (Å²) in [5.74, 6) is 2.24. The monoisotopic (exact) mass is 399 g/mol. The third kappa shape index (κ3) is 4.44. The van der Waals surface area contributed by atoms with Gasteiger partial charge in [0.15, 0.2) is 11.5 Å². The van der Waals surface area contributed by atoms with Gasteiger partial charge in [-0.2, -0.15) is 11.3 Å². The first kappa shape index (κ1) is 20.9. The zero-order valence-electron chi connectivity index (χ0n) is 18.0. The quantitative estimate of drug-likeness (QED) is 0.596. The Morgan fingerprint density at radius 1 is 1.14 bits per heavy atom. The first-order valence-corrected chi connectivity index (χ1v) is 11.1. The van der Waals surface area contributed by atoms with E-state index >= 15 is 0 Å². The van der Waals surface area contributed by atoms with E-state index in [0.717, 1.165) is 30.9 Å². The average Bonchev–Trinajstić information content (AvgIpc) is 3.12. The van der Waals surface area contributed by atoms with Gasteiger partial charge in [-0.25, -0.2) is 0 Å². The Morgan fingerprint density at radius 2 is 1.86 bits per heavy atom. The summed E-state index contributed by atoms with van der Waals surface area (Å²) in [6.07, 6.45) is 4.54. The summed E-state index contributed by atoms with van der Waals surface area (Å²) in [4.78, 5) is 2.66. The van der Waals surface area contributed by atoms with Gasteiger partial charge in [0.1, 0.15) is 0 Å². The van der Waals surface area contributed by atoms with E-state index in [1.54, 1.807) is 25.6 Å². The number of fused-ring (bicyclic) bond motifs is 1. The van der Waals surface area contributed by atoms with E-state index in [1.807, 2.05) is 0 Å². The van der Waals surface area contributed by atoms with Gasteiger partial charge in [0.25, 0.3) is 0 Å². The van der Waals surface area contributed by atoms with Crippen LogP contribution in [0.5, 0.6) is 11.5 Å². The van der Waals surface area contributed by atoms with E-state index in [1.165, 1.54) is 22.3 Å². The normalized spacial score (nSPS) is 19.1. The summed E-state index contributed by atoms with van der Waals surface area (Å²) in [6.45, 7) is 10.3. The summed E-state index contributed by atoms with van der Waals surface area (Å²) >= 11 is 1.75. The molecular formula is C24H33NO2S. The molecule has 152 valence electrons. The summed E-state index contributed by atoms with van der Waals surface area (Å²) in [7, 11) is 3.43. The molecule has 0 fully saturated rings. The number of hydrogen-bond acceptors (Lipinski definition) is 4. The Morgan fingerprint density at radius 3 is 2.43 bits per heavy atom. The molecule has 0 saturated carbocycles. The van der Waals surface area contributed by atoms with Crippen LogP contribution < -0.4 is 9.47 Å². The number of rotatable bonds is 6. The molecule has 3 nitrogen and oxygen atoms in total. The number of ether oxygens (including phenoxy) is 2. The summed E-state index contributed by atoms with van der Waals surface area (Å²) in [6, 6.07) is 7.44. The number of nitrogens with zero attached hydrogens (tertiary/aromatic N) is 1. The number of benzene rings is 1. The number of hydrogen-bond donors (Lipinski definition) is 0. The summed E-state index contributed by atoms with van der Waals surface area (Å²) in [5.41, 5.74) is 5.32. The number of methoxy groups -OCH3 is 2. The zero-order valence-corrected chi connectivity index (χ0v) is 18.8. The van der Waals surface area contributed by atoms with Crippen molar-refractivity contribution in [3.63, 3.8) is 0 Å². The van der Waals surface area contributed by atoms with Gasteiger partial charge >= 0.3 is 0 Å². The molecule has 0 N–H and O–H groups in total. The molecule has 1 atom stereocenters. The van der Waals surface area contributed by atoms with Crippen molar-refractivity contribution in [1.82, 2.24) is 4.90 Å². The van der Waals surface area contributed by atoms with Crippen molar-refractivity contribution < 1.29 is 9.47 Å². The predicted octanol–water partition coefficient (Wildman–Crippen LogP) is 5.99. The molecular weight excluding hydrogens is 366 g/mol. The molecule has 0 radical (unpaired) electrons. The lowest BCUT2D eigenvalue weighted by molar-refractivity contribution is 0.175. The molecule has 1 unspecified atom stereocenters. The van der Waals surface area contributed by atoms with Gasteiger partial charge in [0, 0.05) is 18.6 Å². The molecule has 1 aromatic carbocycles. The van der Waals surface area contributed by atoms with Crippen molar-refractivity contribution >= 4 is 23.0 Å². The predicted molar refractivity (Wildman–Crippen MR) is 121 cm³/mol. The molecule has 2 aromatic rings. The highest BCUT2D eigenvalue weighted by atomic mass is 32.1. The maximum Gasteiger partial charge on any atom is 0.161 e. The largest absolute Gasteiger partial charge is 0.493 e. The minimum Gasteiger partial charge on any atom is -0.493 e. The lowest BCUT2D eigenvalue weighted by Gasteiger charge is -2.36. The molecule has 4 heteroatoms. The zero-order chi connectivity index (χ0) is 20.3. The Hall–Kier alpha value is -1.78. The molecule has 1 aliphatic heterocycles. The van der Waals surface area contributed by atoms with Crippen molar-refractivity contribution in [2.24, 2.45) is 5.92 Å². The van der Waals surface area contributed by atoms with E-state index in [9.17, 15) is 0 Å². The van der Waals surface area contributed by atoms with Gasteiger partial charge in [0.2, 0.25) is 0 Å². The lowest BCUT2D eigenvalue weighted by Crippen LogP contribution is -2.41. The Balaban J connectivity index is 2.22. The van der Waals surface area contributed by atoms with Gasteiger partial charge in [-0.05, 0) is 89.9 Å². The second kappa shape index (κ2) is 9.15. The first-order chi connectivity index (χ1) is 13.4. The Labute approximate surface area is 174 Å². The summed E-state index contributed by atoms with van der Waals surface area (Å²) < 4.78 is 11.2. The van der Waals surface area contributed by atoms with Crippen LogP contribution in [0.2, 0.25) is 0 Å². The maximum atomic E-state index is 5.65. The second-order valence-corrected chi connectivity index (χ2v) is 9.03. The smallest absolute Gasteiger partial charge is 0.161 e. The van der Waals surface area contributed by atoms with Gasteiger partial charge in [-0.15, -0.1) is 0 Å². The molecule has 0 spiro atoms. The minimum absolute atomic E-state index is 0.388.